The van der Waals surface area contributed by atoms with Gasteiger partial charge in [0.2, 0.25) is 0 Å². The third kappa shape index (κ3) is 3.46. The van der Waals surface area contributed by atoms with E-state index in [4.69, 9.17) is 9.72 Å². The van der Waals surface area contributed by atoms with E-state index < -0.39 is 0 Å². The van der Waals surface area contributed by atoms with Crippen LogP contribution in [0.15, 0.2) is 87.2 Å². The van der Waals surface area contributed by atoms with Crippen LogP contribution >= 0.6 is 15.9 Å². The molecule has 1 heterocycles. The maximum Gasteiger partial charge on any atom is 0.282 e. The molecule has 1 aromatic heterocycles. The summed E-state index contributed by atoms with van der Waals surface area (Å²) >= 11 is 3.44. The van der Waals surface area contributed by atoms with Crippen molar-refractivity contribution in [2.75, 3.05) is 7.11 Å². The molecule has 28 heavy (non-hydrogen) atoms. The molecule has 0 atom stereocenters. The van der Waals surface area contributed by atoms with Crippen LogP contribution in [0.3, 0.4) is 0 Å². The quantitative estimate of drug-likeness (QED) is 0.437. The van der Waals surface area contributed by atoms with Crippen molar-refractivity contribution in [3.05, 3.63) is 93.2 Å². The van der Waals surface area contributed by atoms with Gasteiger partial charge in [0.15, 0.2) is 5.82 Å². The molecule has 0 bridgehead atoms. The van der Waals surface area contributed by atoms with Gasteiger partial charge in [0.05, 0.1) is 24.2 Å². The van der Waals surface area contributed by atoms with E-state index in [1.165, 1.54) is 4.68 Å². The number of nitrogens with zero attached hydrogens (tertiary/aromatic N) is 3. The highest BCUT2D eigenvalue weighted by atomic mass is 79.9. The summed E-state index contributed by atoms with van der Waals surface area (Å²) in [6.45, 7) is 0. The second kappa shape index (κ2) is 7.78. The number of halogens is 1. The number of hydrogen-bond donors (Lipinski definition) is 0. The third-order valence-electron chi connectivity index (χ3n) is 4.31. The summed E-state index contributed by atoms with van der Waals surface area (Å²) in [6.07, 6.45) is 1.61. The fraction of sp³-hybridized carbons (Fsp3) is 0.0455. The number of aromatic nitrogens is 2. The minimum atomic E-state index is -0.227. The monoisotopic (exact) mass is 433 g/mol. The fourth-order valence-corrected chi connectivity index (χ4v) is 3.17. The molecule has 0 aliphatic carbocycles. The average molecular weight is 434 g/mol. The first kappa shape index (κ1) is 18.1. The average Bonchev–Trinajstić information content (AvgIpc) is 2.74. The SMILES string of the molecule is COc1ccccc1/C=N\n1c(-c2ccc(Br)cc2)nc2ccccc2c1=O. The van der Waals surface area contributed by atoms with Gasteiger partial charge >= 0.3 is 0 Å². The molecule has 0 aliphatic heterocycles. The second-order valence-corrected chi connectivity index (χ2v) is 6.98. The van der Waals surface area contributed by atoms with Gasteiger partial charge in [-0.15, -0.1) is 0 Å². The van der Waals surface area contributed by atoms with E-state index >= 15 is 0 Å². The van der Waals surface area contributed by atoms with Crippen molar-refractivity contribution in [2.45, 2.75) is 0 Å². The van der Waals surface area contributed by atoms with Crippen LogP contribution in [-0.4, -0.2) is 23.0 Å². The highest BCUT2D eigenvalue weighted by molar-refractivity contribution is 9.10. The Morgan fingerprint density at radius 2 is 1.71 bits per heavy atom. The third-order valence-corrected chi connectivity index (χ3v) is 4.84. The Bertz CT molecular complexity index is 1230. The van der Waals surface area contributed by atoms with Crippen molar-refractivity contribution >= 4 is 33.0 Å². The summed E-state index contributed by atoms with van der Waals surface area (Å²) < 4.78 is 7.64. The van der Waals surface area contributed by atoms with Gasteiger partial charge in [-0.3, -0.25) is 4.79 Å². The normalized spacial score (nSPS) is 11.2. The van der Waals surface area contributed by atoms with E-state index in [0.717, 1.165) is 15.6 Å². The van der Waals surface area contributed by atoms with E-state index in [9.17, 15) is 4.79 Å². The van der Waals surface area contributed by atoms with Gasteiger partial charge in [-0.2, -0.15) is 9.78 Å². The molecule has 0 aliphatic rings. The molecule has 0 saturated carbocycles. The predicted octanol–water partition coefficient (Wildman–Crippen LogP) is 4.72. The summed E-state index contributed by atoms with van der Waals surface area (Å²) in [5, 5.41) is 4.97. The maximum atomic E-state index is 13.1. The summed E-state index contributed by atoms with van der Waals surface area (Å²) in [7, 11) is 1.60. The van der Waals surface area contributed by atoms with E-state index in [2.05, 4.69) is 21.0 Å². The smallest absolute Gasteiger partial charge is 0.282 e. The molecule has 0 radical (unpaired) electrons. The van der Waals surface area contributed by atoms with Crippen molar-refractivity contribution in [3.8, 4) is 17.1 Å². The largest absolute Gasteiger partial charge is 0.496 e. The van der Waals surface area contributed by atoms with Crippen molar-refractivity contribution in [1.29, 1.82) is 0 Å². The van der Waals surface area contributed by atoms with Crippen LogP contribution in [0.25, 0.3) is 22.3 Å². The number of para-hydroxylation sites is 2. The molecule has 0 amide bonds. The molecule has 4 rings (SSSR count). The van der Waals surface area contributed by atoms with Gasteiger partial charge in [-0.05, 0) is 36.4 Å². The Morgan fingerprint density at radius 1 is 1.00 bits per heavy atom. The van der Waals surface area contributed by atoms with Crippen LogP contribution in [0.1, 0.15) is 5.56 Å². The molecule has 0 fully saturated rings. The van der Waals surface area contributed by atoms with Crippen LogP contribution in [0.4, 0.5) is 0 Å². The summed E-state index contributed by atoms with van der Waals surface area (Å²) in [6, 6.07) is 22.4. The number of fused-ring (bicyclic) bond motifs is 1. The van der Waals surface area contributed by atoms with Gasteiger partial charge in [0.25, 0.3) is 5.56 Å². The Labute approximate surface area is 170 Å². The van der Waals surface area contributed by atoms with Crippen LogP contribution in [0, 0.1) is 0 Å². The van der Waals surface area contributed by atoms with Crippen LogP contribution in [-0.2, 0) is 0 Å². The topological polar surface area (TPSA) is 56.5 Å². The molecular formula is C22H16BrN3O2. The Kier molecular flexibility index (Phi) is 5.04. The molecule has 6 heteroatoms. The van der Waals surface area contributed by atoms with Crippen molar-refractivity contribution in [3.63, 3.8) is 0 Å². The molecular weight excluding hydrogens is 418 g/mol. The lowest BCUT2D eigenvalue weighted by Gasteiger charge is -2.10. The highest BCUT2D eigenvalue weighted by Gasteiger charge is 2.12. The Hall–Kier alpha value is -3.25. The maximum absolute atomic E-state index is 13.1. The molecule has 0 saturated heterocycles. The number of ether oxygens (including phenoxy) is 1. The lowest BCUT2D eigenvalue weighted by molar-refractivity contribution is 0.414. The van der Waals surface area contributed by atoms with Gasteiger partial charge in [0, 0.05) is 15.6 Å². The first-order chi connectivity index (χ1) is 13.7. The van der Waals surface area contributed by atoms with Gasteiger partial charge < -0.3 is 4.74 Å². The fourth-order valence-electron chi connectivity index (χ4n) is 2.91. The van der Waals surface area contributed by atoms with Gasteiger partial charge in [0.1, 0.15) is 5.75 Å². The lowest BCUT2D eigenvalue weighted by atomic mass is 10.2. The lowest BCUT2D eigenvalue weighted by Crippen LogP contribution is -2.20. The van der Waals surface area contributed by atoms with E-state index in [0.29, 0.717) is 22.5 Å². The number of benzene rings is 3. The number of rotatable bonds is 4. The van der Waals surface area contributed by atoms with E-state index in [1.807, 2.05) is 66.7 Å². The van der Waals surface area contributed by atoms with Crippen molar-refractivity contribution < 1.29 is 4.74 Å². The van der Waals surface area contributed by atoms with Crippen molar-refractivity contribution in [2.24, 2.45) is 5.10 Å². The van der Waals surface area contributed by atoms with Crippen molar-refractivity contribution in [1.82, 2.24) is 9.66 Å². The zero-order chi connectivity index (χ0) is 19.5. The van der Waals surface area contributed by atoms with E-state index in [1.54, 1.807) is 19.4 Å². The first-order valence-electron chi connectivity index (χ1n) is 8.62. The Morgan fingerprint density at radius 3 is 2.50 bits per heavy atom. The Balaban J connectivity index is 1.94. The zero-order valence-corrected chi connectivity index (χ0v) is 16.6. The number of hydrogen-bond acceptors (Lipinski definition) is 4. The van der Waals surface area contributed by atoms with Crippen LogP contribution < -0.4 is 10.3 Å². The van der Waals surface area contributed by atoms with Gasteiger partial charge in [-0.1, -0.05) is 52.3 Å². The summed E-state index contributed by atoms with van der Waals surface area (Å²) in [5.74, 6) is 1.15. The van der Waals surface area contributed by atoms with Gasteiger partial charge in [-0.25, -0.2) is 4.98 Å². The second-order valence-electron chi connectivity index (χ2n) is 6.06. The standard InChI is InChI=1S/C22H16BrN3O2/c1-28-20-9-5-2-6-16(20)14-24-26-21(15-10-12-17(23)13-11-15)25-19-8-4-3-7-18(19)22(26)27/h2-14H,1H3/b24-14-. The molecule has 0 N–H and O–H groups in total. The molecule has 0 unspecified atom stereocenters. The molecule has 0 spiro atoms. The van der Waals surface area contributed by atoms with Crippen LogP contribution in [0.2, 0.25) is 0 Å². The molecule has 138 valence electrons. The first-order valence-corrected chi connectivity index (χ1v) is 9.42. The predicted molar refractivity (Wildman–Crippen MR) is 115 cm³/mol. The zero-order valence-electron chi connectivity index (χ0n) is 15.0. The van der Waals surface area contributed by atoms with E-state index in [-0.39, 0.29) is 5.56 Å². The minimum Gasteiger partial charge on any atom is -0.496 e. The molecule has 4 aromatic rings. The highest BCUT2D eigenvalue weighted by Crippen LogP contribution is 2.22. The minimum absolute atomic E-state index is 0.227. The summed E-state index contributed by atoms with van der Waals surface area (Å²) in [5.41, 5.74) is 1.97. The summed E-state index contributed by atoms with van der Waals surface area (Å²) in [4.78, 5) is 17.8. The number of methoxy groups -OCH3 is 1. The molecule has 3 aromatic carbocycles. The van der Waals surface area contributed by atoms with Crippen LogP contribution in [0.5, 0.6) is 5.75 Å². The molecule has 5 nitrogen and oxygen atoms in total.